The lowest BCUT2D eigenvalue weighted by atomic mass is 9.99. The molecule has 1 rings (SSSR count). The fourth-order valence-electron chi connectivity index (χ4n) is 2.11. The number of hydrogen-bond acceptors (Lipinski definition) is 4. The molecule has 106 valence electrons. The zero-order valence-corrected chi connectivity index (χ0v) is 12.4. The Bertz CT molecular complexity index is 443. The molecule has 0 aliphatic rings. The molecule has 0 bridgehead atoms. The van der Waals surface area contributed by atoms with Gasteiger partial charge >= 0.3 is 0 Å². The first kappa shape index (κ1) is 15.4. The summed E-state index contributed by atoms with van der Waals surface area (Å²) in [6.07, 6.45) is 0. The van der Waals surface area contributed by atoms with Gasteiger partial charge in [0.1, 0.15) is 0 Å². The number of methoxy groups -OCH3 is 3. The smallest absolute Gasteiger partial charge is 0.203 e. The Balaban J connectivity index is 3.37. The molecule has 0 saturated carbocycles. The van der Waals surface area contributed by atoms with Crippen LogP contribution in [0.2, 0.25) is 0 Å². The van der Waals surface area contributed by atoms with Crippen molar-refractivity contribution in [2.24, 2.45) is 0 Å². The zero-order chi connectivity index (χ0) is 14.4. The van der Waals surface area contributed by atoms with Gasteiger partial charge in [-0.25, -0.2) is 0 Å². The summed E-state index contributed by atoms with van der Waals surface area (Å²) in [5.41, 5.74) is 2.02. The quantitative estimate of drug-likeness (QED) is 0.769. The Kier molecular flexibility index (Phi) is 5.70. The number of hydrogen-bond donors (Lipinski definition) is 1. The number of rotatable bonds is 7. The molecular formula is C15H23NO3. The van der Waals surface area contributed by atoms with Crippen LogP contribution in [0.5, 0.6) is 17.2 Å². The van der Waals surface area contributed by atoms with Crippen LogP contribution in [0.3, 0.4) is 0 Å². The minimum atomic E-state index is 0.0276. The molecule has 0 fully saturated rings. The van der Waals surface area contributed by atoms with Crippen LogP contribution in [0.15, 0.2) is 24.3 Å². The summed E-state index contributed by atoms with van der Waals surface area (Å²) in [6.45, 7) is 8.92. The molecule has 0 aliphatic carbocycles. The van der Waals surface area contributed by atoms with Crippen molar-refractivity contribution in [1.82, 2.24) is 5.32 Å². The normalized spacial score (nSPS) is 11.8. The topological polar surface area (TPSA) is 39.7 Å². The van der Waals surface area contributed by atoms with Gasteiger partial charge in [0.25, 0.3) is 0 Å². The van der Waals surface area contributed by atoms with Crippen LogP contribution in [0.4, 0.5) is 0 Å². The molecule has 1 aromatic carbocycles. The largest absolute Gasteiger partial charge is 0.493 e. The molecule has 0 aliphatic heterocycles. The molecule has 0 heterocycles. The van der Waals surface area contributed by atoms with Crippen LogP contribution < -0.4 is 19.5 Å². The van der Waals surface area contributed by atoms with E-state index in [9.17, 15) is 0 Å². The number of likely N-dealkylation sites (N-methyl/N-ethyl adjacent to an activating group) is 1. The first-order valence-electron chi connectivity index (χ1n) is 6.28. The summed E-state index contributed by atoms with van der Waals surface area (Å²) >= 11 is 0. The van der Waals surface area contributed by atoms with Gasteiger partial charge in [-0.1, -0.05) is 19.1 Å². The van der Waals surface area contributed by atoms with Crippen LogP contribution in [0.25, 0.3) is 0 Å². The molecule has 4 nitrogen and oxygen atoms in total. The molecule has 0 spiro atoms. The van der Waals surface area contributed by atoms with Gasteiger partial charge in [0.05, 0.1) is 27.4 Å². The molecule has 19 heavy (non-hydrogen) atoms. The van der Waals surface area contributed by atoms with Crippen molar-refractivity contribution in [1.29, 1.82) is 0 Å². The van der Waals surface area contributed by atoms with E-state index in [0.29, 0.717) is 17.2 Å². The fraction of sp³-hybridized carbons (Fsp3) is 0.467. The Hall–Kier alpha value is -1.68. The third-order valence-electron chi connectivity index (χ3n) is 2.95. The van der Waals surface area contributed by atoms with Gasteiger partial charge in [-0.05, 0) is 25.6 Å². The highest BCUT2D eigenvalue weighted by Gasteiger charge is 2.22. The highest BCUT2D eigenvalue weighted by molar-refractivity contribution is 5.57. The third-order valence-corrected chi connectivity index (χ3v) is 2.95. The molecule has 1 atom stereocenters. The molecular weight excluding hydrogens is 242 g/mol. The van der Waals surface area contributed by atoms with Crippen LogP contribution >= 0.6 is 0 Å². The molecule has 1 aromatic rings. The summed E-state index contributed by atoms with van der Waals surface area (Å²) in [4.78, 5) is 0. The van der Waals surface area contributed by atoms with Crippen molar-refractivity contribution in [3.63, 3.8) is 0 Å². The Morgan fingerprint density at radius 1 is 1.16 bits per heavy atom. The second-order valence-electron chi connectivity index (χ2n) is 4.26. The molecule has 0 radical (unpaired) electrons. The van der Waals surface area contributed by atoms with Gasteiger partial charge in [-0.15, -0.1) is 0 Å². The predicted molar refractivity (Wildman–Crippen MR) is 77.3 cm³/mol. The van der Waals surface area contributed by atoms with Gasteiger partial charge in [-0.2, -0.15) is 0 Å². The van der Waals surface area contributed by atoms with Crippen LogP contribution in [-0.4, -0.2) is 27.9 Å². The van der Waals surface area contributed by atoms with Crippen molar-refractivity contribution in [3.8, 4) is 17.2 Å². The minimum Gasteiger partial charge on any atom is -0.493 e. The lowest BCUT2D eigenvalue weighted by Crippen LogP contribution is -2.22. The summed E-state index contributed by atoms with van der Waals surface area (Å²) in [7, 11) is 4.84. The second-order valence-corrected chi connectivity index (χ2v) is 4.26. The van der Waals surface area contributed by atoms with E-state index in [4.69, 9.17) is 14.2 Å². The fourth-order valence-corrected chi connectivity index (χ4v) is 2.11. The lowest BCUT2D eigenvalue weighted by molar-refractivity contribution is 0.320. The van der Waals surface area contributed by atoms with Gasteiger partial charge in [0, 0.05) is 5.56 Å². The monoisotopic (exact) mass is 265 g/mol. The van der Waals surface area contributed by atoms with Crippen molar-refractivity contribution < 1.29 is 14.2 Å². The molecule has 1 N–H and O–H groups in total. The van der Waals surface area contributed by atoms with E-state index in [2.05, 4.69) is 18.8 Å². The van der Waals surface area contributed by atoms with Crippen LogP contribution in [0, 0.1) is 0 Å². The zero-order valence-electron chi connectivity index (χ0n) is 12.4. The number of benzene rings is 1. The Morgan fingerprint density at radius 3 is 2.21 bits per heavy atom. The van der Waals surface area contributed by atoms with E-state index in [1.807, 2.05) is 19.1 Å². The highest BCUT2D eigenvalue weighted by atomic mass is 16.5. The predicted octanol–water partition coefficient (Wildman–Crippen LogP) is 2.94. The maximum Gasteiger partial charge on any atom is 0.203 e. The number of ether oxygens (including phenoxy) is 3. The average Bonchev–Trinajstić information content (AvgIpc) is 2.42. The molecule has 1 unspecified atom stereocenters. The summed E-state index contributed by atoms with van der Waals surface area (Å²) < 4.78 is 16.2. The summed E-state index contributed by atoms with van der Waals surface area (Å²) in [6, 6.07) is 3.88. The van der Waals surface area contributed by atoms with E-state index >= 15 is 0 Å². The van der Waals surface area contributed by atoms with Gasteiger partial charge in [0.15, 0.2) is 11.5 Å². The van der Waals surface area contributed by atoms with Crippen molar-refractivity contribution in [2.45, 2.75) is 19.9 Å². The lowest BCUT2D eigenvalue weighted by Gasteiger charge is -2.23. The van der Waals surface area contributed by atoms with E-state index < -0.39 is 0 Å². The number of nitrogens with one attached hydrogen (secondary N) is 1. The van der Waals surface area contributed by atoms with Crippen molar-refractivity contribution in [3.05, 3.63) is 29.8 Å². The standard InChI is InChI=1S/C15H23NO3/c1-7-16-13(10(2)3)11-8-9-12(17-4)15(19-6)14(11)18-5/h8-9,13,16H,2,7H2,1,3-6H3. The van der Waals surface area contributed by atoms with Gasteiger partial charge < -0.3 is 19.5 Å². The van der Waals surface area contributed by atoms with E-state index in [1.54, 1.807) is 21.3 Å². The maximum absolute atomic E-state index is 5.50. The van der Waals surface area contributed by atoms with Gasteiger partial charge in [0.2, 0.25) is 5.75 Å². The van der Waals surface area contributed by atoms with E-state index in [-0.39, 0.29) is 6.04 Å². The molecule has 0 amide bonds. The van der Waals surface area contributed by atoms with Crippen LogP contribution in [-0.2, 0) is 0 Å². The molecule has 4 heteroatoms. The van der Waals surface area contributed by atoms with E-state index in [0.717, 1.165) is 17.7 Å². The van der Waals surface area contributed by atoms with Gasteiger partial charge in [-0.3, -0.25) is 0 Å². The minimum absolute atomic E-state index is 0.0276. The van der Waals surface area contributed by atoms with Crippen molar-refractivity contribution in [2.75, 3.05) is 27.9 Å². The molecule has 0 saturated heterocycles. The highest BCUT2D eigenvalue weighted by Crippen LogP contribution is 2.43. The maximum atomic E-state index is 5.50. The Labute approximate surface area is 115 Å². The van der Waals surface area contributed by atoms with E-state index in [1.165, 1.54) is 0 Å². The summed E-state index contributed by atoms with van der Waals surface area (Å²) in [5.74, 6) is 1.93. The second kappa shape index (κ2) is 7.04. The SMILES string of the molecule is C=C(C)C(NCC)c1ccc(OC)c(OC)c1OC. The molecule has 0 aromatic heterocycles. The first-order chi connectivity index (χ1) is 9.10. The van der Waals surface area contributed by atoms with Crippen LogP contribution in [0.1, 0.15) is 25.5 Å². The average molecular weight is 265 g/mol. The van der Waals surface area contributed by atoms with Crippen molar-refractivity contribution >= 4 is 0 Å². The Morgan fingerprint density at radius 2 is 1.79 bits per heavy atom. The third kappa shape index (κ3) is 3.20. The summed E-state index contributed by atoms with van der Waals surface area (Å²) in [5, 5.41) is 3.39. The first-order valence-corrected chi connectivity index (χ1v) is 6.28.